The van der Waals surface area contributed by atoms with Gasteiger partial charge in [0.2, 0.25) is 0 Å². The first-order chi connectivity index (χ1) is 6.74. The fraction of sp³-hybridized carbons (Fsp3) is 0.636. The predicted molar refractivity (Wildman–Crippen MR) is 57.2 cm³/mol. The smallest absolute Gasteiger partial charge is 0.129 e. The average Bonchev–Trinajstić information content (AvgIpc) is 2.87. The van der Waals surface area contributed by atoms with Crippen LogP contribution in [-0.4, -0.2) is 16.0 Å². The Labute approximate surface area is 85.0 Å². The van der Waals surface area contributed by atoms with Crippen LogP contribution in [0.15, 0.2) is 12.4 Å². The second-order valence-electron chi connectivity index (χ2n) is 4.41. The summed E-state index contributed by atoms with van der Waals surface area (Å²) in [6.07, 6.45) is 5.25. The minimum atomic E-state index is 0.652. The highest BCUT2D eigenvalue weighted by Crippen LogP contribution is 2.23. The van der Waals surface area contributed by atoms with Gasteiger partial charge < -0.3 is 5.32 Å². The third-order valence-corrected chi connectivity index (χ3v) is 2.27. The number of rotatable bonds is 4. The van der Waals surface area contributed by atoms with Crippen molar-refractivity contribution in [1.82, 2.24) is 9.97 Å². The first kappa shape index (κ1) is 9.44. The van der Waals surface area contributed by atoms with Crippen LogP contribution in [0.25, 0.3) is 0 Å². The van der Waals surface area contributed by atoms with Gasteiger partial charge in [-0.05, 0) is 25.2 Å². The molecule has 2 rings (SSSR count). The Morgan fingerprint density at radius 1 is 1.43 bits per heavy atom. The van der Waals surface area contributed by atoms with Crippen LogP contribution in [0.2, 0.25) is 0 Å². The molecule has 3 nitrogen and oxygen atoms in total. The zero-order valence-electron chi connectivity index (χ0n) is 8.83. The Bertz CT molecular complexity index is 286. The minimum absolute atomic E-state index is 0.652. The Hall–Kier alpha value is -1.12. The summed E-state index contributed by atoms with van der Waals surface area (Å²) in [5.74, 6) is 1.64. The highest BCUT2D eigenvalue weighted by atomic mass is 15.1. The average molecular weight is 191 g/mol. The fourth-order valence-corrected chi connectivity index (χ4v) is 1.44. The maximum atomic E-state index is 4.26. The van der Waals surface area contributed by atoms with E-state index >= 15 is 0 Å². The Balaban J connectivity index is 2.01. The second-order valence-corrected chi connectivity index (χ2v) is 4.41. The van der Waals surface area contributed by atoms with Crippen LogP contribution < -0.4 is 5.32 Å². The normalized spacial score (nSPS) is 15.9. The van der Waals surface area contributed by atoms with Gasteiger partial charge >= 0.3 is 0 Å². The highest BCUT2D eigenvalue weighted by molar-refractivity contribution is 5.37. The summed E-state index contributed by atoms with van der Waals surface area (Å²) in [5, 5.41) is 3.38. The molecule has 0 unspecified atom stereocenters. The van der Waals surface area contributed by atoms with Crippen molar-refractivity contribution in [3.8, 4) is 0 Å². The van der Waals surface area contributed by atoms with Crippen molar-refractivity contribution in [2.75, 3.05) is 5.32 Å². The van der Waals surface area contributed by atoms with Gasteiger partial charge in [-0.3, -0.25) is 0 Å². The molecule has 0 aromatic carbocycles. The molecule has 1 heterocycles. The molecular formula is C11H17N3. The molecule has 1 fully saturated rings. The van der Waals surface area contributed by atoms with E-state index in [1.165, 1.54) is 12.8 Å². The number of nitrogens with zero attached hydrogens (tertiary/aromatic N) is 2. The summed E-state index contributed by atoms with van der Waals surface area (Å²) >= 11 is 0. The van der Waals surface area contributed by atoms with Gasteiger partial charge in [0.15, 0.2) is 0 Å². The van der Waals surface area contributed by atoms with E-state index in [1.807, 2.05) is 0 Å². The van der Waals surface area contributed by atoms with E-state index in [1.54, 1.807) is 6.33 Å². The van der Waals surface area contributed by atoms with Crippen molar-refractivity contribution in [2.24, 2.45) is 5.92 Å². The molecule has 14 heavy (non-hydrogen) atoms. The molecule has 0 aliphatic heterocycles. The fourth-order valence-electron chi connectivity index (χ4n) is 1.44. The predicted octanol–water partition coefficient (Wildman–Crippen LogP) is 2.25. The molecule has 0 atom stereocenters. The van der Waals surface area contributed by atoms with Gasteiger partial charge in [-0.15, -0.1) is 0 Å². The van der Waals surface area contributed by atoms with E-state index in [0.717, 1.165) is 17.9 Å². The van der Waals surface area contributed by atoms with Gasteiger partial charge in [-0.1, -0.05) is 13.8 Å². The first-order valence-corrected chi connectivity index (χ1v) is 5.31. The van der Waals surface area contributed by atoms with Crippen molar-refractivity contribution in [1.29, 1.82) is 0 Å². The van der Waals surface area contributed by atoms with E-state index in [4.69, 9.17) is 0 Å². The lowest BCUT2D eigenvalue weighted by Crippen LogP contribution is -2.05. The van der Waals surface area contributed by atoms with E-state index in [2.05, 4.69) is 35.2 Å². The molecule has 0 bridgehead atoms. The number of hydrogen-bond acceptors (Lipinski definition) is 3. The largest absolute Gasteiger partial charge is 0.367 e. The second kappa shape index (κ2) is 3.95. The lowest BCUT2D eigenvalue weighted by atomic mass is 10.1. The molecule has 1 aromatic rings. The standard InChI is InChI=1S/C11H17N3/c1-8(2)5-10-6-11(13-7-12-10)14-9-3-4-9/h6-9H,3-5H2,1-2H3,(H,12,13,14). The molecule has 3 heteroatoms. The van der Waals surface area contributed by atoms with E-state index < -0.39 is 0 Å². The van der Waals surface area contributed by atoms with Gasteiger partial charge in [0.1, 0.15) is 12.1 Å². The van der Waals surface area contributed by atoms with Crippen LogP contribution in [0.3, 0.4) is 0 Å². The molecule has 76 valence electrons. The summed E-state index contributed by atoms with van der Waals surface area (Å²) in [6.45, 7) is 4.41. The zero-order valence-corrected chi connectivity index (χ0v) is 8.83. The quantitative estimate of drug-likeness (QED) is 0.793. The molecule has 1 aliphatic carbocycles. The highest BCUT2D eigenvalue weighted by Gasteiger charge is 2.21. The van der Waals surface area contributed by atoms with Crippen LogP contribution >= 0.6 is 0 Å². The third-order valence-electron chi connectivity index (χ3n) is 2.27. The summed E-state index contributed by atoms with van der Waals surface area (Å²) < 4.78 is 0. The molecular weight excluding hydrogens is 174 g/mol. The maximum absolute atomic E-state index is 4.26. The summed E-state index contributed by atoms with van der Waals surface area (Å²) in [5.41, 5.74) is 1.14. The summed E-state index contributed by atoms with van der Waals surface area (Å²) in [7, 11) is 0. The molecule has 0 spiro atoms. The van der Waals surface area contributed by atoms with Crippen molar-refractivity contribution in [2.45, 2.75) is 39.2 Å². The molecule has 0 saturated heterocycles. The molecule has 1 aromatic heterocycles. The van der Waals surface area contributed by atoms with Crippen LogP contribution in [0.1, 0.15) is 32.4 Å². The molecule has 1 N–H and O–H groups in total. The van der Waals surface area contributed by atoms with Crippen molar-refractivity contribution >= 4 is 5.82 Å². The number of anilines is 1. The number of nitrogens with one attached hydrogen (secondary N) is 1. The number of hydrogen-bond donors (Lipinski definition) is 1. The summed E-state index contributed by atoms with van der Waals surface area (Å²) in [4.78, 5) is 8.46. The molecule has 1 aliphatic rings. The summed E-state index contributed by atoms with van der Waals surface area (Å²) in [6, 6.07) is 2.73. The van der Waals surface area contributed by atoms with Crippen LogP contribution in [0.5, 0.6) is 0 Å². The monoisotopic (exact) mass is 191 g/mol. The Morgan fingerprint density at radius 3 is 2.86 bits per heavy atom. The lowest BCUT2D eigenvalue weighted by molar-refractivity contribution is 0.634. The third kappa shape index (κ3) is 2.69. The topological polar surface area (TPSA) is 37.8 Å². The van der Waals surface area contributed by atoms with Crippen molar-refractivity contribution < 1.29 is 0 Å². The van der Waals surface area contributed by atoms with E-state index in [0.29, 0.717) is 12.0 Å². The van der Waals surface area contributed by atoms with Gasteiger partial charge in [0, 0.05) is 17.8 Å². The maximum Gasteiger partial charge on any atom is 0.129 e. The van der Waals surface area contributed by atoms with E-state index in [-0.39, 0.29) is 0 Å². The molecule has 1 saturated carbocycles. The lowest BCUT2D eigenvalue weighted by Gasteiger charge is -2.06. The van der Waals surface area contributed by atoms with Crippen LogP contribution in [0.4, 0.5) is 5.82 Å². The minimum Gasteiger partial charge on any atom is -0.367 e. The van der Waals surface area contributed by atoms with Gasteiger partial charge in [-0.2, -0.15) is 0 Å². The zero-order chi connectivity index (χ0) is 9.97. The first-order valence-electron chi connectivity index (χ1n) is 5.31. The van der Waals surface area contributed by atoms with Gasteiger partial charge in [0.25, 0.3) is 0 Å². The van der Waals surface area contributed by atoms with Gasteiger partial charge in [0.05, 0.1) is 0 Å². The number of aromatic nitrogens is 2. The molecule has 0 amide bonds. The van der Waals surface area contributed by atoms with Crippen molar-refractivity contribution in [3.05, 3.63) is 18.1 Å². The van der Waals surface area contributed by atoms with Crippen LogP contribution in [0, 0.1) is 5.92 Å². The SMILES string of the molecule is CC(C)Cc1cc(NC2CC2)ncn1. The van der Waals surface area contributed by atoms with E-state index in [9.17, 15) is 0 Å². The van der Waals surface area contributed by atoms with Gasteiger partial charge in [-0.25, -0.2) is 9.97 Å². The van der Waals surface area contributed by atoms with Crippen LogP contribution in [-0.2, 0) is 6.42 Å². The Morgan fingerprint density at radius 2 is 2.21 bits per heavy atom. The molecule has 0 radical (unpaired) electrons. The van der Waals surface area contributed by atoms with Crippen molar-refractivity contribution in [3.63, 3.8) is 0 Å². The Kier molecular flexibility index (Phi) is 2.66.